The average Bonchev–Trinajstić information content (AvgIpc) is 1.82. The predicted molar refractivity (Wildman–Crippen MR) is 46.7 cm³/mol. The van der Waals surface area contributed by atoms with Crippen LogP contribution in [-0.4, -0.2) is 10.4 Å². The van der Waals surface area contributed by atoms with E-state index in [1.165, 1.54) is 0 Å². The number of rotatable bonds is 1. The van der Waals surface area contributed by atoms with E-state index in [4.69, 9.17) is 10.4 Å². The zero-order chi connectivity index (χ0) is 9.30. The van der Waals surface area contributed by atoms with E-state index in [1.807, 2.05) is 32.9 Å². The molecule has 1 aromatic carbocycles. The molecule has 0 heterocycles. The predicted octanol–water partition coefficient (Wildman–Crippen LogP) is 2.20. The molecule has 0 aromatic heterocycles. The molecule has 1 aromatic rings. The molecule has 3 heteroatoms. The minimum atomic E-state index is 0.171. The summed E-state index contributed by atoms with van der Waals surface area (Å²) in [5, 5.41) is 17.9. The molecule has 0 aliphatic heterocycles. The Hall–Kier alpha value is -1.06. The molecule has 66 valence electrons. The van der Waals surface area contributed by atoms with E-state index in [0.29, 0.717) is 5.69 Å². The number of nitrogens with zero attached hydrogens (tertiary/aromatic N) is 1. The van der Waals surface area contributed by atoms with Crippen LogP contribution in [0, 0.1) is 20.8 Å². The van der Waals surface area contributed by atoms with Gasteiger partial charge in [-0.1, -0.05) is 17.7 Å². The fourth-order valence-electron chi connectivity index (χ4n) is 1.49. The Balaban J connectivity index is 3.28. The van der Waals surface area contributed by atoms with E-state index in [1.54, 1.807) is 0 Å². The highest BCUT2D eigenvalue weighted by molar-refractivity contribution is 5.56. The van der Waals surface area contributed by atoms with E-state index >= 15 is 0 Å². The van der Waals surface area contributed by atoms with Gasteiger partial charge in [0.2, 0.25) is 0 Å². The van der Waals surface area contributed by atoms with Crippen LogP contribution in [-0.2, 0) is 0 Å². The van der Waals surface area contributed by atoms with Crippen LogP contribution >= 0.6 is 0 Å². The number of anilines is 1. The highest BCUT2D eigenvalue weighted by Crippen LogP contribution is 2.23. The van der Waals surface area contributed by atoms with E-state index in [-0.39, 0.29) is 5.23 Å². The monoisotopic (exact) mass is 167 g/mol. The zero-order valence-corrected chi connectivity index (χ0v) is 7.50. The Labute approximate surface area is 71.8 Å². The second-order valence-electron chi connectivity index (χ2n) is 3.04. The molecule has 0 aliphatic rings. The first kappa shape index (κ1) is 9.03. The van der Waals surface area contributed by atoms with Gasteiger partial charge >= 0.3 is 0 Å². The highest BCUT2D eigenvalue weighted by atomic mass is 16.8. The standard InChI is InChI=1S/C9H13NO2/c1-6-4-7(2)9(10(11)12)8(3)5-6/h4-5,11-12H,1-3H3. The lowest BCUT2D eigenvalue weighted by Gasteiger charge is -2.14. The third-order valence-corrected chi connectivity index (χ3v) is 1.84. The summed E-state index contributed by atoms with van der Waals surface area (Å²) >= 11 is 0. The molecule has 0 radical (unpaired) electrons. The van der Waals surface area contributed by atoms with Gasteiger partial charge in [0.25, 0.3) is 0 Å². The molecule has 0 saturated carbocycles. The van der Waals surface area contributed by atoms with Gasteiger partial charge < -0.3 is 0 Å². The van der Waals surface area contributed by atoms with Crippen molar-refractivity contribution >= 4 is 5.69 Å². The molecule has 2 N–H and O–H groups in total. The summed E-state index contributed by atoms with van der Waals surface area (Å²) in [6.45, 7) is 5.66. The Morgan fingerprint density at radius 2 is 1.42 bits per heavy atom. The Morgan fingerprint density at radius 3 is 1.75 bits per heavy atom. The molecule has 0 bridgehead atoms. The molecule has 0 saturated heterocycles. The molecule has 0 atom stereocenters. The molecular formula is C9H13NO2. The summed E-state index contributed by atoms with van der Waals surface area (Å²) < 4.78 is 0. The van der Waals surface area contributed by atoms with Crippen molar-refractivity contribution in [2.75, 3.05) is 5.23 Å². The summed E-state index contributed by atoms with van der Waals surface area (Å²) in [7, 11) is 0. The molecule has 0 fully saturated rings. The van der Waals surface area contributed by atoms with E-state index in [0.717, 1.165) is 16.7 Å². The second kappa shape index (κ2) is 3.13. The van der Waals surface area contributed by atoms with Gasteiger partial charge in [-0.3, -0.25) is 10.4 Å². The minimum Gasteiger partial charge on any atom is -0.264 e. The van der Waals surface area contributed by atoms with Crippen LogP contribution in [0.25, 0.3) is 0 Å². The molecular weight excluding hydrogens is 154 g/mol. The van der Waals surface area contributed by atoms with Gasteiger partial charge in [0.05, 0.1) is 0 Å². The largest absolute Gasteiger partial charge is 0.264 e. The highest BCUT2D eigenvalue weighted by Gasteiger charge is 2.07. The van der Waals surface area contributed by atoms with Crippen molar-refractivity contribution in [2.45, 2.75) is 20.8 Å². The smallest absolute Gasteiger partial charge is 0.100 e. The average molecular weight is 167 g/mol. The number of benzene rings is 1. The third kappa shape index (κ3) is 1.57. The molecule has 12 heavy (non-hydrogen) atoms. The van der Waals surface area contributed by atoms with Gasteiger partial charge in [-0.15, -0.1) is 5.23 Å². The quantitative estimate of drug-likeness (QED) is 0.630. The van der Waals surface area contributed by atoms with Gasteiger partial charge in [-0.05, 0) is 31.9 Å². The van der Waals surface area contributed by atoms with Crippen molar-refractivity contribution in [3.05, 3.63) is 28.8 Å². The summed E-state index contributed by atoms with van der Waals surface area (Å²) in [4.78, 5) is 0. The van der Waals surface area contributed by atoms with Crippen LogP contribution in [0.4, 0.5) is 5.69 Å². The fraction of sp³-hybridized carbons (Fsp3) is 0.333. The van der Waals surface area contributed by atoms with E-state index < -0.39 is 0 Å². The van der Waals surface area contributed by atoms with Crippen molar-refractivity contribution < 1.29 is 10.4 Å². The maximum atomic E-state index is 8.87. The third-order valence-electron chi connectivity index (χ3n) is 1.84. The Kier molecular flexibility index (Phi) is 2.35. The molecule has 3 nitrogen and oxygen atoms in total. The first-order valence-electron chi connectivity index (χ1n) is 3.78. The number of hydrogen-bond acceptors (Lipinski definition) is 3. The van der Waals surface area contributed by atoms with Crippen LogP contribution in [0.15, 0.2) is 12.1 Å². The van der Waals surface area contributed by atoms with E-state index in [2.05, 4.69) is 0 Å². The van der Waals surface area contributed by atoms with Crippen molar-refractivity contribution in [2.24, 2.45) is 0 Å². The van der Waals surface area contributed by atoms with Crippen molar-refractivity contribution in [1.29, 1.82) is 0 Å². The second-order valence-corrected chi connectivity index (χ2v) is 3.04. The lowest BCUT2D eigenvalue weighted by atomic mass is 10.1. The van der Waals surface area contributed by atoms with Crippen molar-refractivity contribution in [3.63, 3.8) is 0 Å². The summed E-state index contributed by atoms with van der Waals surface area (Å²) in [6, 6.07) is 3.81. The summed E-state index contributed by atoms with van der Waals surface area (Å²) in [5.41, 5.74) is 3.30. The maximum Gasteiger partial charge on any atom is 0.100 e. The zero-order valence-electron chi connectivity index (χ0n) is 7.50. The van der Waals surface area contributed by atoms with Crippen LogP contribution in [0.1, 0.15) is 16.7 Å². The molecule has 0 aliphatic carbocycles. The summed E-state index contributed by atoms with van der Waals surface area (Å²) in [6.07, 6.45) is 0. The lowest BCUT2D eigenvalue weighted by Crippen LogP contribution is -2.14. The maximum absolute atomic E-state index is 8.87. The normalized spacial score (nSPS) is 10.1. The summed E-state index contributed by atoms with van der Waals surface area (Å²) in [5.74, 6) is 0. The van der Waals surface area contributed by atoms with Gasteiger partial charge in [0.1, 0.15) is 5.69 Å². The Morgan fingerprint density at radius 1 is 1.00 bits per heavy atom. The number of aryl methyl sites for hydroxylation is 3. The van der Waals surface area contributed by atoms with Crippen molar-refractivity contribution in [1.82, 2.24) is 0 Å². The molecule has 0 unspecified atom stereocenters. The van der Waals surface area contributed by atoms with Crippen LogP contribution in [0.5, 0.6) is 0 Å². The molecule has 1 rings (SSSR count). The Bertz CT molecular complexity index is 272. The molecule has 0 amide bonds. The minimum absolute atomic E-state index is 0.171. The van der Waals surface area contributed by atoms with Gasteiger partial charge in [-0.25, -0.2) is 0 Å². The van der Waals surface area contributed by atoms with Crippen molar-refractivity contribution in [3.8, 4) is 0 Å². The van der Waals surface area contributed by atoms with Crippen LogP contribution < -0.4 is 5.23 Å². The van der Waals surface area contributed by atoms with Gasteiger partial charge in [0.15, 0.2) is 0 Å². The van der Waals surface area contributed by atoms with Crippen LogP contribution in [0.2, 0.25) is 0 Å². The lowest BCUT2D eigenvalue weighted by molar-refractivity contribution is 0.0285. The fourth-order valence-corrected chi connectivity index (χ4v) is 1.49. The van der Waals surface area contributed by atoms with Gasteiger partial charge in [0, 0.05) is 0 Å². The van der Waals surface area contributed by atoms with E-state index in [9.17, 15) is 0 Å². The number of hydrogen-bond donors (Lipinski definition) is 2. The van der Waals surface area contributed by atoms with Crippen LogP contribution in [0.3, 0.4) is 0 Å². The first-order chi connectivity index (χ1) is 5.52. The first-order valence-corrected chi connectivity index (χ1v) is 3.78. The molecule has 0 spiro atoms. The SMILES string of the molecule is Cc1cc(C)c(N(O)O)c(C)c1. The topological polar surface area (TPSA) is 43.7 Å². The van der Waals surface area contributed by atoms with Gasteiger partial charge in [-0.2, -0.15) is 0 Å².